The minimum Gasteiger partial charge on any atom is -0.310 e. The number of thiazole rings is 1. The second-order valence-corrected chi connectivity index (χ2v) is 8.00. The molecule has 0 spiro atoms. The Morgan fingerprint density at radius 1 is 1.47 bits per heavy atom. The first-order valence-corrected chi connectivity index (χ1v) is 8.98. The van der Waals surface area contributed by atoms with E-state index in [4.69, 9.17) is 0 Å². The molecule has 19 heavy (non-hydrogen) atoms. The van der Waals surface area contributed by atoms with Gasteiger partial charge in [0, 0.05) is 30.2 Å². The summed E-state index contributed by atoms with van der Waals surface area (Å²) in [7, 11) is 0. The molecule has 3 heterocycles. The van der Waals surface area contributed by atoms with Crippen molar-refractivity contribution in [2.75, 3.05) is 6.54 Å². The smallest absolute Gasteiger partial charge is 0.193 e. The van der Waals surface area contributed by atoms with Gasteiger partial charge in [-0.15, -0.1) is 22.7 Å². The van der Waals surface area contributed by atoms with Crippen molar-refractivity contribution in [1.82, 2.24) is 14.7 Å². The molecule has 1 unspecified atom stereocenters. The largest absolute Gasteiger partial charge is 0.310 e. The summed E-state index contributed by atoms with van der Waals surface area (Å²) in [6, 6.07) is 2.62. The summed E-state index contributed by atoms with van der Waals surface area (Å²) < 4.78 is 3.43. The number of nitrogens with zero attached hydrogens (tertiary/aromatic N) is 2. The van der Waals surface area contributed by atoms with E-state index in [0.717, 1.165) is 23.6 Å². The number of fused-ring (bicyclic) bond motifs is 1. The van der Waals surface area contributed by atoms with E-state index in [1.165, 1.54) is 8.45 Å². The highest BCUT2D eigenvalue weighted by Crippen LogP contribution is 2.25. The highest BCUT2D eigenvalue weighted by Gasteiger charge is 2.15. The summed E-state index contributed by atoms with van der Waals surface area (Å²) in [5, 5.41) is 7.86. The number of imidazole rings is 1. The Labute approximate surface area is 133 Å². The van der Waals surface area contributed by atoms with Gasteiger partial charge in [0.15, 0.2) is 4.96 Å². The maximum atomic E-state index is 4.67. The van der Waals surface area contributed by atoms with Crippen LogP contribution in [-0.4, -0.2) is 15.9 Å². The standard InChI is InChI=1S/C13H14IN3S2/c1-2-15-11(9-5-12(14)19-8-9)6-10-7-17-3-4-18-13(17)16-10/h3-5,7-8,11,15H,2,6H2,1H3. The Morgan fingerprint density at radius 2 is 2.37 bits per heavy atom. The van der Waals surface area contributed by atoms with Gasteiger partial charge in [-0.25, -0.2) is 4.98 Å². The van der Waals surface area contributed by atoms with E-state index in [1.807, 2.05) is 0 Å². The second-order valence-electron chi connectivity index (χ2n) is 4.32. The van der Waals surface area contributed by atoms with Gasteiger partial charge in [-0.05, 0) is 46.1 Å². The lowest BCUT2D eigenvalue weighted by Crippen LogP contribution is -2.22. The van der Waals surface area contributed by atoms with Crippen molar-refractivity contribution in [2.45, 2.75) is 19.4 Å². The van der Waals surface area contributed by atoms with Gasteiger partial charge in [0.05, 0.1) is 8.58 Å². The summed E-state index contributed by atoms with van der Waals surface area (Å²) in [4.78, 5) is 5.74. The van der Waals surface area contributed by atoms with Gasteiger partial charge < -0.3 is 5.32 Å². The quantitative estimate of drug-likeness (QED) is 0.654. The number of hydrogen-bond donors (Lipinski definition) is 1. The summed E-state index contributed by atoms with van der Waals surface area (Å²) in [6.07, 6.45) is 5.13. The lowest BCUT2D eigenvalue weighted by molar-refractivity contribution is 0.546. The van der Waals surface area contributed by atoms with Gasteiger partial charge in [-0.3, -0.25) is 4.40 Å². The highest BCUT2D eigenvalue weighted by atomic mass is 127. The lowest BCUT2D eigenvalue weighted by atomic mass is 10.1. The molecule has 3 aromatic rings. The molecule has 100 valence electrons. The molecule has 0 aliphatic rings. The molecule has 0 aliphatic carbocycles. The molecule has 1 N–H and O–H groups in total. The molecule has 0 aliphatic heterocycles. The van der Waals surface area contributed by atoms with Crippen molar-refractivity contribution in [3.63, 3.8) is 0 Å². The van der Waals surface area contributed by atoms with Crippen LogP contribution in [-0.2, 0) is 6.42 Å². The van der Waals surface area contributed by atoms with E-state index in [9.17, 15) is 0 Å². The van der Waals surface area contributed by atoms with Crippen LogP contribution in [0.1, 0.15) is 24.2 Å². The molecular formula is C13H14IN3S2. The molecule has 0 bridgehead atoms. The first kappa shape index (κ1) is 13.5. The molecule has 0 fully saturated rings. The van der Waals surface area contributed by atoms with Crippen LogP contribution in [0.4, 0.5) is 0 Å². The van der Waals surface area contributed by atoms with E-state index in [1.54, 1.807) is 22.7 Å². The summed E-state index contributed by atoms with van der Waals surface area (Å²) >= 11 is 5.86. The molecule has 6 heteroatoms. The van der Waals surface area contributed by atoms with Crippen LogP contribution in [0, 0.1) is 2.88 Å². The third kappa shape index (κ3) is 3.01. The second kappa shape index (κ2) is 5.90. The minimum absolute atomic E-state index is 0.356. The fraction of sp³-hybridized carbons (Fsp3) is 0.308. The predicted octanol–water partition coefficient (Wildman–Crippen LogP) is 3.96. The van der Waals surface area contributed by atoms with Crippen LogP contribution >= 0.6 is 45.3 Å². The topological polar surface area (TPSA) is 29.3 Å². The van der Waals surface area contributed by atoms with Crippen molar-refractivity contribution >= 4 is 50.2 Å². The summed E-state index contributed by atoms with van der Waals surface area (Å²) in [5.74, 6) is 0. The summed E-state index contributed by atoms with van der Waals surface area (Å²) in [5.41, 5.74) is 2.52. The van der Waals surface area contributed by atoms with Gasteiger partial charge in [0.25, 0.3) is 0 Å². The first-order chi connectivity index (χ1) is 9.26. The monoisotopic (exact) mass is 403 g/mol. The van der Waals surface area contributed by atoms with Crippen molar-refractivity contribution in [1.29, 1.82) is 0 Å². The van der Waals surface area contributed by atoms with Crippen LogP contribution in [0.2, 0.25) is 0 Å². The van der Waals surface area contributed by atoms with Crippen LogP contribution < -0.4 is 5.32 Å². The van der Waals surface area contributed by atoms with E-state index in [-0.39, 0.29) is 0 Å². The third-order valence-electron chi connectivity index (χ3n) is 3.00. The maximum absolute atomic E-state index is 4.67. The van der Waals surface area contributed by atoms with Gasteiger partial charge in [0.1, 0.15) is 0 Å². The Bertz CT molecular complexity index is 642. The van der Waals surface area contributed by atoms with E-state index < -0.39 is 0 Å². The number of likely N-dealkylation sites (N-methyl/N-ethyl adjacent to an activating group) is 1. The van der Waals surface area contributed by atoms with Crippen LogP contribution in [0.25, 0.3) is 4.96 Å². The van der Waals surface area contributed by atoms with Gasteiger partial charge >= 0.3 is 0 Å². The fourth-order valence-electron chi connectivity index (χ4n) is 2.14. The number of rotatable bonds is 5. The SMILES string of the molecule is CCNC(Cc1cn2ccsc2n1)c1csc(I)c1. The zero-order valence-electron chi connectivity index (χ0n) is 10.5. The molecule has 1 atom stereocenters. The Hall–Kier alpha value is -0.440. The number of thiophene rings is 1. The maximum Gasteiger partial charge on any atom is 0.193 e. The van der Waals surface area contributed by atoms with Crippen LogP contribution in [0.3, 0.4) is 0 Å². The van der Waals surface area contributed by atoms with E-state index in [0.29, 0.717) is 6.04 Å². The highest BCUT2D eigenvalue weighted by molar-refractivity contribution is 14.1. The van der Waals surface area contributed by atoms with Gasteiger partial charge in [0.2, 0.25) is 0 Å². The van der Waals surface area contributed by atoms with Crippen molar-refractivity contribution in [3.8, 4) is 0 Å². The van der Waals surface area contributed by atoms with Crippen LogP contribution in [0.5, 0.6) is 0 Å². The zero-order valence-corrected chi connectivity index (χ0v) is 14.3. The lowest BCUT2D eigenvalue weighted by Gasteiger charge is -2.15. The summed E-state index contributed by atoms with van der Waals surface area (Å²) in [6.45, 7) is 3.12. The Morgan fingerprint density at radius 3 is 3.05 bits per heavy atom. The fourth-order valence-corrected chi connectivity index (χ4v) is 4.29. The van der Waals surface area contributed by atoms with Gasteiger partial charge in [-0.1, -0.05) is 6.92 Å². The predicted molar refractivity (Wildman–Crippen MR) is 90.2 cm³/mol. The normalized spacial score (nSPS) is 13.2. The van der Waals surface area contributed by atoms with Crippen molar-refractivity contribution in [2.24, 2.45) is 0 Å². The number of nitrogens with one attached hydrogen (secondary N) is 1. The molecule has 3 nitrogen and oxygen atoms in total. The van der Waals surface area contributed by atoms with Crippen molar-refractivity contribution in [3.05, 3.63) is 43.4 Å². The first-order valence-electron chi connectivity index (χ1n) is 6.14. The van der Waals surface area contributed by atoms with E-state index in [2.05, 4.69) is 73.4 Å². The van der Waals surface area contributed by atoms with Crippen molar-refractivity contribution < 1.29 is 0 Å². The molecule has 0 amide bonds. The van der Waals surface area contributed by atoms with E-state index >= 15 is 0 Å². The molecule has 0 aromatic carbocycles. The average Bonchev–Trinajstić information content (AvgIpc) is 3.03. The Kier molecular flexibility index (Phi) is 4.21. The average molecular weight is 403 g/mol. The Balaban J connectivity index is 1.82. The number of aromatic nitrogens is 2. The number of hydrogen-bond acceptors (Lipinski definition) is 4. The minimum atomic E-state index is 0.356. The molecular weight excluding hydrogens is 389 g/mol. The molecule has 3 rings (SSSR count). The molecule has 0 saturated heterocycles. The molecule has 0 radical (unpaired) electrons. The third-order valence-corrected chi connectivity index (χ3v) is 5.58. The molecule has 3 aromatic heterocycles. The molecule has 0 saturated carbocycles. The van der Waals surface area contributed by atoms with Gasteiger partial charge in [-0.2, -0.15) is 0 Å². The van der Waals surface area contributed by atoms with Crippen LogP contribution in [0.15, 0.2) is 29.2 Å². The zero-order chi connectivity index (χ0) is 13.2. The number of halogens is 1.